The molecule has 0 aromatic heterocycles. The molecule has 1 atom stereocenters. The second-order valence-electron chi connectivity index (χ2n) is 5.40. The molecule has 1 fully saturated rings. The van der Waals surface area contributed by atoms with E-state index in [0.717, 1.165) is 11.0 Å². The van der Waals surface area contributed by atoms with Crippen molar-refractivity contribution in [2.24, 2.45) is 0 Å². The van der Waals surface area contributed by atoms with Crippen molar-refractivity contribution >= 4 is 11.9 Å². The second-order valence-corrected chi connectivity index (χ2v) is 5.40. The smallest absolute Gasteiger partial charge is 0.385 e. The summed E-state index contributed by atoms with van der Waals surface area (Å²) in [6.45, 7) is 1.71. The van der Waals surface area contributed by atoms with Crippen LogP contribution in [0.1, 0.15) is 24.5 Å². The number of carbonyl (C=O) groups is 2. The average Bonchev–Trinajstić information content (AvgIpc) is 2.71. The quantitative estimate of drug-likeness (QED) is 0.667. The Hall–Kier alpha value is -2.09. The Kier molecular flexibility index (Phi) is 4.65. The first-order chi connectivity index (χ1) is 10.7. The number of hydrogen-bond acceptors (Lipinski definition) is 3. The molecule has 0 spiro atoms. The number of rotatable bonds is 5. The van der Waals surface area contributed by atoms with Gasteiger partial charge in [-0.05, 0) is 25.0 Å². The molecular weight excluding hydrogens is 313 g/mol. The van der Waals surface area contributed by atoms with Crippen LogP contribution in [0.3, 0.4) is 0 Å². The summed E-state index contributed by atoms with van der Waals surface area (Å²) in [4.78, 5) is 25.5. The highest BCUT2D eigenvalue weighted by molar-refractivity contribution is 6.07. The summed E-state index contributed by atoms with van der Waals surface area (Å²) in [5, 5.41) is 2.38. The zero-order valence-corrected chi connectivity index (χ0v) is 12.7. The molecule has 3 amide bonds. The zero-order valence-electron chi connectivity index (χ0n) is 12.7. The van der Waals surface area contributed by atoms with E-state index in [9.17, 15) is 22.8 Å². The van der Waals surface area contributed by atoms with E-state index < -0.39 is 29.2 Å². The molecule has 1 aromatic rings. The summed E-state index contributed by atoms with van der Waals surface area (Å²) in [5.74, 6) is -0.699. The third-order valence-electron chi connectivity index (χ3n) is 3.78. The largest absolute Gasteiger partial charge is 0.416 e. The molecule has 1 N–H and O–H groups in total. The van der Waals surface area contributed by atoms with Crippen molar-refractivity contribution in [3.05, 3.63) is 35.4 Å². The summed E-state index contributed by atoms with van der Waals surface area (Å²) in [5.41, 5.74) is -2.94. The van der Waals surface area contributed by atoms with Gasteiger partial charge in [0.25, 0.3) is 5.91 Å². The lowest BCUT2D eigenvalue weighted by atomic mass is 9.87. The minimum atomic E-state index is -4.62. The lowest BCUT2D eigenvalue weighted by Crippen LogP contribution is -2.42. The van der Waals surface area contributed by atoms with Crippen LogP contribution in [0.5, 0.6) is 0 Å². The molecule has 2 rings (SSSR count). The summed E-state index contributed by atoms with van der Waals surface area (Å²) < 4.78 is 44.4. The monoisotopic (exact) mass is 330 g/mol. The molecule has 1 unspecified atom stereocenters. The Morgan fingerprint density at radius 3 is 2.52 bits per heavy atom. The number of hydrogen-bond donors (Lipinski definition) is 1. The predicted molar refractivity (Wildman–Crippen MR) is 75.5 cm³/mol. The molecule has 0 radical (unpaired) electrons. The van der Waals surface area contributed by atoms with Gasteiger partial charge in [-0.15, -0.1) is 0 Å². The van der Waals surface area contributed by atoms with Crippen LogP contribution in [-0.2, 0) is 21.2 Å². The number of urea groups is 1. The average molecular weight is 330 g/mol. The van der Waals surface area contributed by atoms with E-state index in [-0.39, 0.29) is 12.1 Å². The Morgan fingerprint density at radius 2 is 1.91 bits per heavy atom. The molecule has 1 saturated heterocycles. The van der Waals surface area contributed by atoms with Crippen molar-refractivity contribution in [3.63, 3.8) is 0 Å². The summed E-state index contributed by atoms with van der Waals surface area (Å²) in [7, 11) is 1.48. The molecule has 126 valence electrons. The molecule has 23 heavy (non-hydrogen) atoms. The number of benzene rings is 1. The Morgan fingerprint density at radius 1 is 1.26 bits per heavy atom. The van der Waals surface area contributed by atoms with Crippen molar-refractivity contribution < 1.29 is 27.5 Å². The molecule has 1 aromatic carbocycles. The van der Waals surface area contributed by atoms with Gasteiger partial charge in [0.1, 0.15) is 5.54 Å². The lowest BCUT2D eigenvalue weighted by Gasteiger charge is -2.25. The molecule has 5 nitrogen and oxygen atoms in total. The Bertz CT molecular complexity index is 618. The van der Waals surface area contributed by atoms with Gasteiger partial charge in [0.2, 0.25) is 0 Å². The highest BCUT2D eigenvalue weighted by atomic mass is 19.4. The molecule has 1 aliphatic rings. The van der Waals surface area contributed by atoms with Gasteiger partial charge in [-0.2, -0.15) is 13.2 Å². The summed E-state index contributed by atoms with van der Waals surface area (Å²) in [6, 6.07) is 4.05. The van der Waals surface area contributed by atoms with Crippen LogP contribution in [0.2, 0.25) is 0 Å². The number of alkyl halides is 3. The minimum Gasteiger partial charge on any atom is -0.385 e. The third-order valence-corrected chi connectivity index (χ3v) is 3.78. The number of nitrogens with one attached hydrogen (secondary N) is 1. The maximum Gasteiger partial charge on any atom is 0.416 e. The molecule has 1 heterocycles. The van der Waals surface area contributed by atoms with Crippen molar-refractivity contribution in [1.82, 2.24) is 10.2 Å². The first-order valence-corrected chi connectivity index (χ1v) is 7.01. The topological polar surface area (TPSA) is 58.6 Å². The van der Waals surface area contributed by atoms with Gasteiger partial charge in [0.05, 0.1) is 5.56 Å². The van der Waals surface area contributed by atoms with Crippen LogP contribution in [-0.4, -0.2) is 37.1 Å². The molecular formula is C15H17F3N2O3. The number of amides is 3. The minimum absolute atomic E-state index is 0.0856. The summed E-state index contributed by atoms with van der Waals surface area (Å²) >= 11 is 0. The second kappa shape index (κ2) is 6.19. The van der Waals surface area contributed by atoms with E-state index >= 15 is 0 Å². The van der Waals surface area contributed by atoms with Crippen LogP contribution in [0.4, 0.5) is 18.0 Å². The summed E-state index contributed by atoms with van der Waals surface area (Å²) in [6.07, 6.45) is -4.21. The predicted octanol–water partition coefficient (Wildman–Crippen LogP) is 2.51. The lowest BCUT2D eigenvalue weighted by molar-refractivity contribution is -0.140. The molecule has 0 aliphatic carbocycles. The van der Waals surface area contributed by atoms with Gasteiger partial charge in [-0.25, -0.2) is 4.79 Å². The number of nitrogens with zero attached hydrogens (tertiary/aromatic N) is 1. The SMILES string of the molecule is COCCCN1C(=O)NC(C)(c2ccccc2C(F)(F)F)C1=O. The van der Waals surface area contributed by atoms with Crippen LogP contribution in [0.15, 0.2) is 24.3 Å². The molecule has 8 heteroatoms. The normalized spacial score (nSPS) is 21.7. The molecule has 1 aliphatic heterocycles. The first-order valence-electron chi connectivity index (χ1n) is 7.01. The van der Waals surface area contributed by atoms with Gasteiger partial charge < -0.3 is 10.1 Å². The maximum atomic E-state index is 13.2. The van der Waals surface area contributed by atoms with Crippen LogP contribution in [0, 0.1) is 0 Å². The fraction of sp³-hybridized carbons (Fsp3) is 0.467. The highest BCUT2D eigenvalue weighted by Gasteiger charge is 2.51. The molecule has 0 bridgehead atoms. The van der Waals surface area contributed by atoms with Gasteiger partial charge in [0, 0.05) is 20.3 Å². The van der Waals surface area contributed by atoms with Crippen LogP contribution >= 0.6 is 0 Å². The van der Waals surface area contributed by atoms with Crippen molar-refractivity contribution in [1.29, 1.82) is 0 Å². The maximum absolute atomic E-state index is 13.2. The van der Waals surface area contributed by atoms with Crippen molar-refractivity contribution in [2.45, 2.75) is 25.1 Å². The van der Waals surface area contributed by atoms with Gasteiger partial charge in [-0.3, -0.25) is 9.69 Å². The Balaban J connectivity index is 2.37. The van der Waals surface area contributed by atoms with Gasteiger partial charge in [0.15, 0.2) is 0 Å². The highest BCUT2D eigenvalue weighted by Crippen LogP contribution is 2.39. The van der Waals surface area contributed by atoms with Crippen LogP contribution in [0.25, 0.3) is 0 Å². The van der Waals surface area contributed by atoms with E-state index in [1.165, 1.54) is 32.2 Å². The number of halogens is 3. The standard InChI is InChI=1S/C15H17F3N2O3/c1-14(10-6-3-4-7-11(10)15(16,17)18)12(21)20(13(22)19-14)8-5-9-23-2/h3-4,6-7H,5,8-9H2,1-2H3,(H,19,22). The molecule has 0 saturated carbocycles. The van der Waals surface area contributed by atoms with Gasteiger partial charge in [-0.1, -0.05) is 18.2 Å². The van der Waals surface area contributed by atoms with E-state index in [0.29, 0.717) is 13.0 Å². The third kappa shape index (κ3) is 3.17. The number of ether oxygens (including phenoxy) is 1. The van der Waals surface area contributed by atoms with Gasteiger partial charge >= 0.3 is 12.2 Å². The Labute approximate surface area is 131 Å². The number of carbonyl (C=O) groups excluding carboxylic acids is 2. The fourth-order valence-corrected chi connectivity index (χ4v) is 2.62. The number of imide groups is 1. The van der Waals surface area contributed by atoms with Crippen molar-refractivity contribution in [3.8, 4) is 0 Å². The van der Waals surface area contributed by atoms with E-state index in [1.54, 1.807) is 0 Å². The van der Waals surface area contributed by atoms with E-state index in [1.807, 2.05) is 0 Å². The van der Waals surface area contributed by atoms with Crippen LogP contribution < -0.4 is 5.32 Å². The van der Waals surface area contributed by atoms with E-state index in [2.05, 4.69) is 5.32 Å². The zero-order chi connectivity index (χ0) is 17.3. The van der Waals surface area contributed by atoms with Crippen molar-refractivity contribution in [2.75, 3.05) is 20.3 Å². The van der Waals surface area contributed by atoms with E-state index in [4.69, 9.17) is 4.74 Å². The number of methoxy groups -OCH3 is 1. The fourth-order valence-electron chi connectivity index (χ4n) is 2.62. The first kappa shape index (κ1) is 17.3.